The number of nitrogens with one attached hydrogen (secondary N) is 2. The summed E-state index contributed by atoms with van der Waals surface area (Å²) in [6.07, 6.45) is 3.53. The Bertz CT molecular complexity index is 690. The van der Waals surface area contributed by atoms with E-state index in [0.29, 0.717) is 12.1 Å². The van der Waals surface area contributed by atoms with E-state index in [-0.39, 0.29) is 11.3 Å². The first-order valence-corrected chi connectivity index (χ1v) is 7.70. The molecule has 7 N–H and O–H groups in total. The summed E-state index contributed by atoms with van der Waals surface area (Å²) in [6, 6.07) is 2.23. The van der Waals surface area contributed by atoms with Gasteiger partial charge in [0.1, 0.15) is 12.1 Å². The normalized spacial score (nSPS) is 17.5. The molecule has 0 aliphatic heterocycles. The predicted octanol–water partition coefficient (Wildman–Crippen LogP) is 1.14. The van der Waals surface area contributed by atoms with Crippen LogP contribution < -0.4 is 22.1 Å². The maximum Gasteiger partial charge on any atom is 0.164 e. The van der Waals surface area contributed by atoms with Crippen molar-refractivity contribution in [3.05, 3.63) is 41.1 Å². The highest BCUT2D eigenvalue weighted by atomic mass is 19.1. The van der Waals surface area contributed by atoms with Crippen LogP contribution in [0.15, 0.2) is 23.9 Å². The molecule has 7 heteroatoms. The van der Waals surface area contributed by atoms with E-state index in [0.717, 1.165) is 31.4 Å². The highest BCUT2D eigenvalue weighted by molar-refractivity contribution is 5.51. The third-order valence-electron chi connectivity index (χ3n) is 3.92. The summed E-state index contributed by atoms with van der Waals surface area (Å²) in [4.78, 5) is 0. The zero-order valence-electron chi connectivity index (χ0n) is 13.5. The third-order valence-corrected chi connectivity index (χ3v) is 3.92. The molecule has 1 atom stereocenters. The van der Waals surface area contributed by atoms with E-state index in [1.165, 1.54) is 6.20 Å². The number of hydrogen-bond acceptors (Lipinski definition) is 5. The molecule has 1 fully saturated rings. The van der Waals surface area contributed by atoms with Crippen molar-refractivity contribution in [2.75, 3.05) is 12.3 Å². The lowest BCUT2D eigenvalue weighted by Gasteiger charge is -2.37. The maximum atomic E-state index is 13.7. The molecule has 0 heterocycles. The van der Waals surface area contributed by atoms with Gasteiger partial charge in [-0.3, -0.25) is 11.1 Å². The van der Waals surface area contributed by atoms with Gasteiger partial charge in [0, 0.05) is 18.3 Å². The van der Waals surface area contributed by atoms with Gasteiger partial charge in [0.05, 0.1) is 16.9 Å². The number of benzene rings is 1. The van der Waals surface area contributed by atoms with Gasteiger partial charge in [-0.25, -0.2) is 8.78 Å². The fraction of sp³-hybridized carbons (Fsp3) is 0.412. The van der Waals surface area contributed by atoms with E-state index in [4.69, 9.17) is 11.5 Å². The second-order valence-corrected chi connectivity index (χ2v) is 6.01. The van der Waals surface area contributed by atoms with Crippen LogP contribution in [-0.4, -0.2) is 23.5 Å². The predicted molar refractivity (Wildman–Crippen MR) is 89.3 cm³/mol. The van der Waals surface area contributed by atoms with Crippen LogP contribution in [-0.2, 0) is 0 Å². The van der Waals surface area contributed by atoms with Gasteiger partial charge >= 0.3 is 0 Å². The summed E-state index contributed by atoms with van der Waals surface area (Å²) in [7, 11) is 0. The maximum absolute atomic E-state index is 13.7. The lowest BCUT2D eigenvalue weighted by Crippen LogP contribution is -2.55. The molecule has 0 aromatic heterocycles. The smallest absolute Gasteiger partial charge is 0.164 e. The molecule has 1 aromatic rings. The van der Waals surface area contributed by atoms with E-state index in [2.05, 4.69) is 22.5 Å². The Labute approximate surface area is 140 Å². The average Bonchev–Trinajstić information content (AvgIpc) is 2.52. The molecule has 1 aliphatic carbocycles. The van der Waals surface area contributed by atoms with Crippen LogP contribution in [0.2, 0.25) is 0 Å². The highest BCUT2D eigenvalue weighted by Gasteiger charge is 2.34. The molecule has 130 valence electrons. The molecule has 0 amide bonds. The van der Waals surface area contributed by atoms with Gasteiger partial charge in [0.2, 0.25) is 0 Å². The summed E-state index contributed by atoms with van der Waals surface area (Å²) in [5.74, 6) is 3.44. The van der Waals surface area contributed by atoms with Gasteiger partial charge in [0.25, 0.3) is 0 Å². The minimum atomic E-state index is -0.865. The first-order chi connectivity index (χ1) is 11.3. The van der Waals surface area contributed by atoms with E-state index < -0.39 is 23.5 Å². The van der Waals surface area contributed by atoms with Gasteiger partial charge < -0.3 is 16.2 Å². The number of rotatable bonds is 5. The van der Waals surface area contributed by atoms with E-state index in [1.54, 1.807) is 6.92 Å². The summed E-state index contributed by atoms with van der Waals surface area (Å²) >= 11 is 0. The second-order valence-electron chi connectivity index (χ2n) is 6.01. The number of halogens is 2. The van der Waals surface area contributed by atoms with Gasteiger partial charge in [-0.1, -0.05) is 11.8 Å². The minimum absolute atomic E-state index is 0.152. The van der Waals surface area contributed by atoms with E-state index in [1.807, 2.05) is 0 Å². The Kier molecular flexibility index (Phi) is 5.78. The number of aliphatic hydroxyl groups is 1. The van der Waals surface area contributed by atoms with Crippen LogP contribution in [0, 0.1) is 23.5 Å². The van der Waals surface area contributed by atoms with Gasteiger partial charge in [-0.15, -0.1) is 0 Å². The number of anilines is 1. The van der Waals surface area contributed by atoms with Gasteiger partial charge in [-0.05, 0) is 38.3 Å². The number of allylic oxidation sites excluding steroid dienone is 1. The molecule has 0 saturated heterocycles. The number of nitrogens with two attached hydrogens (primary N) is 2. The van der Waals surface area contributed by atoms with Gasteiger partial charge in [-0.2, -0.15) is 0 Å². The van der Waals surface area contributed by atoms with Crippen molar-refractivity contribution < 1.29 is 13.9 Å². The van der Waals surface area contributed by atoms with Crippen molar-refractivity contribution in [1.82, 2.24) is 10.6 Å². The molecule has 1 aromatic carbocycles. The molecule has 0 bridgehead atoms. The lowest BCUT2D eigenvalue weighted by molar-refractivity contribution is -0.0335. The van der Waals surface area contributed by atoms with Crippen molar-refractivity contribution in [2.24, 2.45) is 5.73 Å². The largest absolute Gasteiger partial charge is 0.396 e. The first kappa shape index (κ1) is 18.2. The molecule has 0 radical (unpaired) electrons. The van der Waals surface area contributed by atoms with Crippen LogP contribution >= 0.6 is 0 Å². The van der Waals surface area contributed by atoms with Crippen LogP contribution in [0.25, 0.3) is 0 Å². The third kappa shape index (κ3) is 4.68. The van der Waals surface area contributed by atoms with Crippen LogP contribution in [0.3, 0.4) is 0 Å². The number of nitrogen functional groups attached to an aromatic ring is 1. The summed E-state index contributed by atoms with van der Waals surface area (Å²) < 4.78 is 27.3. The first-order valence-electron chi connectivity index (χ1n) is 7.70. The molecule has 1 aliphatic rings. The fourth-order valence-electron chi connectivity index (χ4n) is 2.22. The Balaban J connectivity index is 1.91. The second kappa shape index (κ2) is 7.62. The Morgan fingerprint density at radius 3 is 2.79 bits per heavy atom. The van der Waals surface area contributed by atoms with E-state index in [9.17, 15) is 13.9 Å². The molecule has 5 nitrogen and oxygen atoms in total. The van der Waals surface area contributed by atoms with Crippen molar-refractivity contribution in [2.45, 2.75) is 38.1 Å². The molecule has 2 rings (SSSR count). The van der Waals surface area contributed by atoms with E-state index >= 15 is 0 Å². The molecule has 24 heavy (non-hydrogen) atoms. The molecular weight excluding hydrogens is 314 g/mol. The molecule has 0 spiro atoms. The summed E-state index contributed by atoms with van der Waals surface area (Å²) in [5.41, 5.74) is 10.6. The van der Waals surface area contributed by atoms with Gasteiger partial charge in [0.15, 0.2) is 5.82 Å². The minimum Gasteiger partial charge on any atom is -0.396 e. The zero-order chi connectivity index (χ0) is 17.7. The quantitative estimate of drug-likeness (QED) is 0.316. The summed E-state index contributed by atoms with van der Waals surface area (Å²) in [5, 5.41) is 15.8. The van der Waals surface area contributed by atoms with Crippen LogP contribution in [0.1, 0.15) is 31.7 Å². The van der Waals surface area contributed by atoms with Crippen LogP contribution in [0.4, 0.5) is 14.5 Å². The topological polar surface area (TPSA) is 96.3 Å². The Hall–Kier alpha value is -2.14. The average molecular weight is 336 g/mol. The Morgan fingerprint density at radius 2 is 2.17 bits per heavy atom. The summed E-state index contributed by atoms with van der Waals surface area (Å²) in [6.45, 7) is 2.08. The Morgan fingerprint density at radius 1 is 1.46 bits per heavy atom. The SMILES string of the molecule is C/C(C#Cc1c(F)ccc(N)c1F)=C\NC(N)NCC1(O)CCC1. The van der Waals surface area contributed by atoms with Crippen molar-refractivity contribution in [1.29, 1.82) is 0 Å². The molecule has 1 saturated carbocycles. The van der Waals surface area contributed by atoms with Crippen molar-refractivity contribution >= 4 is 5.69 Å². The van der Waals surface area contributed by atoms with Crippen LogP contribution in [0.5, 0.6) is 0 Å². The zero-order valence-corrected chi connectivity index (χ0v) is 13.5. The highest BCUT2D eigenvalue weighted by Crippen LogP contribution is 2.30. The molecular formula is C17H22F2N4O. The number of hydrogen-bond donors (Lipinski definition) is 5. The van der Waals surface area contributed by atoms with Crippen molar-refractivity contribution in [3.8, 4) is 11.8 Å². The fourth-order valence-corrected chi connectivity index (χ4v) is 2.22. The van der Waals surface area contributed by atoms with Crippen molar-refractivity contribution in [3.63, 3.8) is 0 Å². The lowest BCUT2D eigenvalue weighted by atomic mass is 9.80. The monoisotopic (exact) mass is 336 g/mol. The molecule has 1 unspecified atom stereocenters. The standard InChI is InChI=1S/C17H22F2N4O/c1-11(3-4-12-13(18)5-6-14(20)15(12)19)9-22-16(21)23-10-17(24)7-2-8-17/h5-6,9,16,22-24H,2,7-8,10,20-21H2,1H3/b11-9+.